The van der Waals surface area contributed by atoms with Gasteiger partial charge >= 0.3 is 11.9 Å². The number of nitrogen functional groups attached to an aromatic ring is 1. The normalized spacial score (nSPS) is 12.1. The van der Waals surface area contributed by atoms with E-state index in [0.29, 0.717) is 5.56 Å². The number of aromatic nitrogens is 4. The molecule has 1 atom stereocenters. The molecular formula is C19H21F3N6O3. The van der Waals surface area contributed by atoms with Gasteiger partial charge in [-0.3, -0.25) is 10.1 Å². The number of nitrogens with zero attached hydrogens (tertiary/aromatic N) is 5. The van der Waals surface area contributed by atoms with Gasteiger partial charge < -0.3 is 10.8 Å². The first kappa shape index (κ1) is 23.7. The van der Waals surface area contributed by atoms with Crippen LogP contribution in [0.3, 0.4) is 0 Å². The second kappa shape index (κ2) is 9.98. The summed E-state index contributed by atoms with van der Waals surface area (Å²) in [7, 11) is 0. The predicted molar refractivity (Wildman–Crippen MR) is 108 cm³/mol. The van der Waals surface area contributed by atoms with Crippen LogP contribution in [0.15, 0.2) is 42.9 Å². The summed E-state index contributed by atoms with van der Waals surface area (Å²) >= 11 is 0. The molecule has 31 heavy (non-hydrogen) atoms. The van der Waals surface area contributed by atoms with E-state index in [0.717, 1.165) is 0 Å². The van der Waals surface area contributed by atoms with E-state index in [1.165, 1.54) is 47.5 Å². The van der Waals surface area contributed by atoms with Crippen LogP contribution < -0.4 is 5.73 Å². The molecule has 1 unspecified atom stereocenters. The largest absolute Gasteiger partial charge is 0.397 e. The molecule has 0 saturated carbocycles. The molecule has 0 aliphatic carbocycles. The minimum Gasteiger partial charge on any atom is -0.396 e. The van der Waals surface area contributed by atoms with Gasteiger partial charge in [-0.2, -0.15) is 18.3 Å². The maximum Gasteiger partial charge on any atom is 0.397 e. The number of hydrogen-bond donors (Lipinski definition) is 2. The monoisotopic (exact) mass is 438 g/mol. The Morgan fingerprint density at radius 3 is 2.61 bits per heavy atom. The van der Waals surface area contributed by atoms with Crippen molar-refractivity contribution in [1.29, 1.82) is 0 Å². The standard InChI is InChI=1S/C17H15F3N6O3.C2H6/c18-17(19,20)12(5-7-27)13-2-1-3-14(24-13)25-9-10(8-23-25)11-4-6-22-16(21)15(11)26(28)29;1-2/h1-4,6,8-9,12,27H,5,7H2,(H2,21,22);1-2H3. The zero-order valence-corrected chi connectivity index (χ0v) is 16.7. The minimum absolute atomic E-state index is 0.0885. The lowest BCUT2D eigenvalue weighted by molar-refractivity contribution is -0.383. The van der Waals surface area contributed by atoms with Crippen LogP contribution in [0.5, 0.6) is 0 Å². The van der Waals surface area contributed by atoms with E-state index in [1.54, 1.807) is 0 Å². The molecule has 0 amide bonds. The Kier molecular flexibility index (Phi) is 7.64. The van der Waals surface area contributed by atoms with Crippen molar-refractivity contribution in [3.05, 3.63) is 58.7 Å². The third-order valence-corrected chi connectivity index (χ3v) is 4.19. The number of halogens is 3. The van der Waals surface area contributed by atoms with E-state index in [2.05, 4.69) is 15.1 Å². The molecule has 166 valence electrons. The van der Waals surface area contributed by atoms with Gasteiger partial charge in [0.25, 0.3) is 0 Å². The molecule has 0 fully saturated rings. The van der Waals surface area contributed by atoms with E-state index in [-0.39, 0.29) is 22.9 Å². The minimum atomic E-state index is -4.57. The van der Waals surface area contributed by atoms with Gasteiger partial charge in [0.1, 0.15) is 0 Å². The van der Waals surface area contributed by atoms with Crippen molar-refractivity contribution in [2.24, 2.45) is 0 Å². The number of alkyl halides is 3. The number of aliphatic hydroxyl groups is 1. The highest BCUT2D eigenvalue weighted by Gasteiger charge is 2.41. The van der Waals surface area contributed by atoms with Crippen LogP contribution in [0.25, 0.3) is 16.9 Å². The SMILES string of the molecule is CC.Nc1nccc(-c2cnn(-c3cccc(C(CCO)C(F)(F)F)n3)c2)c1[N+](=O)[O-]. The number of rotatable bonds is 6. The summed E-state index contributed by atoms with van der Waals surface area (Å²) in [5.41, 5.74) is 5.41. The molecule has 0 aromatic carbocycles. The van der Waals surface area contributed by atoms with E-state index in [1.807, 2.05) is 13.8 Å². The molecule has 3 aromatic rings. The topological polar surface area (TPSA) is 133 Å². The van der Waals surface area contributed by atoms with Gasteiger partial charge in [-0.15, -0.1) is 0 Å². The summed E-state index contributed by atoms with van der Waals surface area (Å²) in [6.45, 7) is 3.36. The van der Waals surface area contributed by atoms with E-state index < -0.39 is 35.7 Å². The Morgan fingerprint density at radius 2 is 2.00 bits per heavy atom. The summed E-state index contributed by atoms with van der Waals surface area (Å²) in [4.78, 5) is 18.3. The lowest BCUT2D eigenvalue weighted by Gasteiger charge is -2.19. The van der Waals surface area contributed by atoms with Gasteiger partial charge in [-0.05, 0) is 24.6 Å². The highest BCUT2D eigenvalue weighted by Crippen LogP contribution is 2.37. The molecule has 3 N–H and O–H groups in total. The number of hydrogen-bond acceptors (Lipinski definition) is 7. The Hall–Kier alpha value is -3.54. The maximum atomic E-state index is 13.3. The molecule has 9 nitrogen and oxygen atoms in total. The zero-order chi connectivity index (χ0) is 23.2. The molecule has 3 aromatic heterocycles. The quantitative estimate of drug-likeness (QED) is 0.441. The van der Waals surface area contributed by atoms with Crippen molar-refractivity contribution < 1.29 is 23.2 Å². The van der Waals surface area contributed by atoms with Crippen molar-refractivity contribution in [2.45, 2.75) is 32.4 Å². The first-order valence-electron chi connectivity index (χ1n) is 9.31. The number of pyridine rings is 2. The van der Waals surface area contributed by atoms with E-state index in [4.69, 9.17) is 10.8 Å². The van der Waals surface area contributed by atoms with Crippen molar-refractivity contribution in [1.82, 2.24) is 19.7 Å². The van der Waals surface area contributed by atoms with Gasteiger partial charge in [0.05, 0.1) is 28.3 Å². The summed E-state index contributed by atoms with van der Waals surface area (Å²) in [5.74, 6) is -2.11. The summed E-state index contributed by atoms with van der Waals surface area (Å²) in [6.07, 6.45) is -1.09. The van der Waals surface area contributed by atoms with Crippen molar-refractivity contribution in [3.63, 3.8) is 0 Å². The van der Waals surface area contributed by atoms with Crippen molar-refractivity contribution in [3.8, 4) is 16.9 Å². The summed E-state index contributed by atoms with van der Waals surface area (Å²) in [5, 5.41) is 24.3. The van der Waals surface area contributed by atoms with Crippen LogP contribution in [0.1, 0.15) is 31.9 Å². The molecule has 0 aliphatic rings. The third kappa shape index (κ3) is 5.34. The lowest BCUT2D eigenvalue weighted by atomic mass is 10.0. The molecule has 12 heteroatoms. The Morgan fingerprint density at radius 1 is 1.29 bits per heavy atom. The molecule has 0 bridgehead atoms. The Bertz CT molecular complexity index is 1040. The second-order valence-corrected chi connectivity index (χ2v) is 6.05. The molecule has 3 rings (SSSR count). The number of anilines is 1. The molecule has 0 aliphatic heterocycles. The fraction of sp³-hybridized carbons (Fsp3) is 0.316. The highest BCUT2D eigenvalue weighted by molar-refractivity contribution is 5.78. The van der Waals surface area contributed by atoms with Crippen LogP contribution >= 0.6 is 0 Å². The van der Waals surface area contributed by atoms with Crippen molar-refractivity contribution >= 4 is 11.5 Å². The molecule has 0 radical (unpaired) electrons. The third-order valence-electron chi connectivity index (χ3n) is 4.19. The molecule has 3 heterocycles. The average Bonchev–Trinajstić information content (AvgIpc) is 3.22. The summed E-state index contributed by atoms with van der Waals surface area (Å²) in [6, 6.07) is 5.45. The van der Waals surface area contributed by atoms with E-state index >= 15 is 0 Å². The lowest BCUT2D eigenvalue weighted by Crippen LogP contribution is -2.23. The van der Waals surface area contributed by atoms with E-state index in [9.17, 15) is 23.3 Å². The van der Waals surface area contributed by atoms with Gasteiger partial charge in [-0.1, -0.05) is 19.9 Å². The predicted octanol–water partition coefficient (Wildman–Crippen LogP) is 3.87. The van der Waals surface area contributed by atoms with Crippen LogP contribution in [-0.4, -0.2) is 42.6 Å². The summed E-state index contributed by atoms with van der Waals surface area (Å²) < 4.78 is 41.0. The Balaban J connectivity index is 0.00000166. The first-order chi connectivity index (χ1) is 14.7. The fourth-order valence-corrected chi connectivity index (χ4v) is 2.85. The van der Waals surface area contributed by atoms with Crippen molar-refractivity contribution in [2.75, 3.05) is 12.3 Å². The zero-order valence-electron chi connectivity index (χ0n) is 16.7. The molecule has 0 spiro atoms. The average molecular weight is 438 g/mol. The number of nitrogens with two attached hydrogens (primary N) is 1. The first-order valence-corrected chi connectivity index (χ1v) is 9.31. The number of aliphatic hydroxyl groups excluding tert-OH is 1. The fourth-order valence-electron chi connectivity index (χ4n) is 2.85. The second-order valence-electron chi connectivity index (χ2n) is 6.05. The van der Waals surface area contributed by atoms with Crippen LogP contribution in [0, 0.1) is 10.1 Å². The Labute approximate surface area is 175 Å². The van der Waals surface area contributed by atoms with Crippen LogP contribution in [0.4, 0.5) is 24.7 Å². The van der Waals surface area contributed by atoms with Crippen LogP contribution in [-0.2, 0) is 0 Å². The van der Waals surface area contributed by atoms with Gasteiger partial charge in [0, 0.05) is 24.6 Å². The molecule has 0 saturated heterocycles. The smallest absolute Gasteiger partial charge is 0.396 e. The maximum absolute atomic E-state index is 13.3. The van der Waals surface area contributed by atoms with Gasteiger partial charge in [0.2, 0.25) is 5.82 Å². The van der Waals surface area contributed by atoms with Gasteiger partial charge in [0.15, 0.2) is 5.82 Å². The van der Waals surface area contributed by atoms with Gasteiger partial charge in [-0.25, -0.2) is 14.6 Å². The highest BCUT2D eigenvalue weighted by atomic mass is 19.4. The van der Waals surface area contributed by atoms with Crippen LogP contribution in [0.2, 0.25) is 0 Å². The number of nitro groups is 1. The molecular weight excluding hydrogens is 417 g/mol.